The molecule has 0 aliphatic rings. The van der Waals surface area contributed by atoms with Crippen LogP contribution in [0.25, 0.3) is 6.08 Å². The van der Waals surface area contributed by atoms with Gasteiger partial charge < -0.3 is 15.2 Å². The molecule has 0 unspecified atom stereocenters. The van der Waals surface area contributed by atoms with Gasteiger partial charge in [0, 0.05) is 30.3 Å². The van der Waals surface area contributed by atoms with Gasteiger partial charge in [0.2, 0.25) is 5.91 Å². The Kier molecular flexibility index (Phi) is 6.95. The fourth-order valence-corrected chi connectivity index (χ4v) is 2.75. The van der Waals surface area contributed by atoms with E-state index >= 15 is 0 Å². The number of hydrogen-bond acceptors (Lipinski definition) is 6. The van der Waals surface area contributed by atoms with Gasteiger partial charge in [0.15, 0.2) is 12.4 Å². The Balaban J connectivity index is 1.52. The molecule has 0 saturated carbocycles. The zero-order valence-corrected chi connectivity index (χ0v) is 16.8. The lowest BCUT2D eigenvalue weighted by atomic mass is 10.1. The number of Topliss-reactive ketones (excluding diaryl/α,β-unsaturated/α-hetero) is 1. The molecular formula is C23H21N3O5. The monoisotopic (exact) mass is 419 g/mol. The molecule has 0 atom stereocenters. The second-order valence-corrected chi connectivity index (χ2v) is 6.73. The predicted octanol–water partition coefficient (Wildman–Crippen LogP) is 3.03. The fourth-order valence-electron chi connectivity index (χ4n) is 2.75. The molecule has 0 bridgehead atoms. The van der Waals surface area contributed by atoms with Gasteiger partial charge in [0.25, 0.3) is 0 Å². The van der Waals surface area contributed by atoms with Crippen LogP contribution in [0.15, 0.2) is 67.0 Å². The SMILES string of the molecule is CC(=O)Nc1cc(C(=O)COC(=O)/C=C/c2cnn(Cc3ccccc3)c2)ccc1O. The molecule has 0 fully saturated rings. The molecular weight excluding hydrogens is 398 g/mol. The van der Waals surface area contributed by atoms with E-state index in [2.05, 4.69) is 10.4 Å². The Morgan fingerprint density at radius 3 is 2.68 bits per heavy atom. The number of nitrogens with zero attached hydrogens (tertiary/aromatic N) is 2. The minimum Gasteiger partial charge on any atom is -0.506 e. The van der Waals surface area contributed by atoms with Gasteiger partial charge in [-0.2, -0.15) is 5.10 Å². The quantitative estimate of drug-likeness (QED) is 0.251. The summed E-state index contributed by atoms with van der Waals surface area (Å²) in [4.78, 5) is 35.3. The lowest BCUT2D eigenvalue weighted by molar-refractivity contribution is -0.136. The molecule has 1 heterocycles. The number of benzene rings is 2. The van der Waals surface area contributed by atoms with E-state index in [4.69, 9.17) is 4.74 Å². The number of nitrogens with one attached hydrogen (secondary N) is 1. The molecule has 0 spiro atoms. The number of carbonyl (C=O) groups is 3. The molecule has 8 nitrogen and oxygen atoms in total. The van der Waals surface area contributed by atoms with Gasteiger partial charge >= 0.3 is 5.97 Å². The van der Waals surface area contributed by atoms with E-state index in [9.17, 15) is 19.5 Å². The summed E-state index contributed by atoms with van der Waals surface area (Å²) >= 11 is 0. The summed E-state index contributed by atoms with van der Waals surface area (Å²) in [6.07, 6.45) is 6.19. The third-order valence-electron chi connectivity index (χ3n) is 4.23. The van der Waals surface area contributed by atoms with Crippen LogP contribution in [-0.4, -0.2) is 39.2 Å². The lowest BCUT2D eigenvalue weighted by Gasteiger charge is -2.07. The Morgan fingerprint density at radius 1 is 1.16 bits per heavy atom. The Labute approximate surface area is 178 Å². The molecule has 0 radical (unpaired) electrons. The van der Waals surface area contributed by atoms with Crippen LogP contribution in [-0.2, 0) is 20.9 Å². The topological polar surface area (TPSA) is 111 Å². The van der Waals surface area contributed by atoms with Gasteiger partial charge in [-0.05, 0) is 29.8 Å². The van der Waals surface area contributed by atoms with E-state index < -0.39 is 18.4 Å². The van der Waals surface area contributed by atoms with Gasteiger partial charge in [-0.25, -0.2) is 4.79 Å². The third kappa shape index (κ3) is 6.40. The van der Waals surface area contributed by atoms with Crippen molar-refractivity contribution >= 4 is 29.4 Å². The zero-order valence-electron chi connectivity index (χ0n) is 16.8. The summed E-state index contributed by atoms with van der Waals surface area (Å²) < 4.78 is 6.73. The van der Waals surface area contributed by atoms with Crippen molar-refractivity contribution in [3.8, 4) is 5.75 Å². The predicted molar refractivity (Wildman–Crippen MR) is 115 cm³/mol. The van der Waals surface area contributed by atoms with Crippen LogP contribution in [0.2, 0.25) is 0 Å². The number of aromatic hydroxyl groups is 1. The van der Waals surface area contributed by atoms with E-state index in [-0.39, 0.29) is 22.9 Å². The van der Waals surface area contributed by atoms with Crippen LogP contribution in [0.5, 0.6) is 5.75 Å². The van der Waals surface area contributed by atoms with Crippen molar-refractivity contribution in [3.63, 3.8) is 0 Å². The van der Waals surface area contributed by atoms with Crippen LogP contribution in [0.3, 0.4) is 0 Å². The molecule has 3 aromatic rings. The number of amides is 1. The average molecular weight is 419 g/mol. The van der Waals surface area contributed by atoms with Crippen molar-refractivity contribution < 1.29 is 24.2 Å². The van der Waals surface area contributed by atoms with Crippen molar-refractivity contribution in [2.75, 3.05) is 11.9 Å². The largest absolute Gasteiger partial charge is 0.506 e. The molecule has 1 amide bonds. The normalized spacial score (nSPS) is 10.7. The first-order valence-corrected chi connectivity index (χ1v) is 9.46. The van der Waals surface area contributed by atoms with Crippen LogP contribution in [0.4, 0.5) is 5.69 Å². The van der Waals surface area contributed by atoms with Crippen molar-refractivity contribution in [2.24, 2.45) is 0 Å². The summed E-state index contributed by atoms with van der Waals surface area (Å²) in [7, 11) is 0. The highest BCUT2D eigenvalue weighted by Gasteiger charge is 2.12. The molecule has 0 aliphatic carbocycles. The Hall–Kier alpha value is -4.20. The highest BCUT2D eigenvalue weighted by atomic mass is 16.5. The molecule has 0 saturated heterocycles. The third-order valence-corrected chi connectivity index (χ3v) is 4.23. The summed E-state index contributed by atoms with van der Waals surface area (Å²) in [6, 6.07) is 13.8. The number of phenols is 1. The summed E-state index contributed by atoms with van der Waals surface area (Å²) in [5, 5.41) is 16.4. The number of phenolic OH excluding ortho intramolecular Hbond substituents is 1. The molecule has 2 aromatic carbocycles. The van der Waals surface area contributed by atoms with Crippen LogP contribution in [0, 0.1) is 0 Å². The maximum Gasteiger partial charge on any atom is 0.331 e. The van der Waals surface area contributed by atoms with Gasteiger partial charge in [0.1, 0.15) is 5.75 Å². The first-order chi connectivity index (χ1) is 14.9. The average Bonchev–Trinajstić information content (AvgIpc) is 3.19. The molecule has 31 heavy (non-hydrogen) atoms. The second kappa shape index (κ2) is 10.0. The van der Waals surface area contributed by atoms with E-state index in [1.165, 1.54) is 31.2 Å². The zero-order chi connectivity index (χ0) is 22.2. The molecule has 8 heteroatoms. The number of carbonyl (C=O) groups excluding carboxylic acids is 3. The number of aromatic nitrogens is 2. The maximum atomic E-state index is 12.2. The molecule has 158 valence electrons. The van der Waals surface area contributed by atoms with E-state index in [1.807, 2.05) is 30.3 Å². The van der Waals surface area contributed by atoms with Gasteiger partial charge in [-0.1, -0.05) is 30.3 Å². The van der Waals surface area contributed by atoms with E-state index in [0.29, 0.717) is 6.54 Å². The minimum absolute atomic E-state index is 0.108. The summed E-state index contributed by atoms with van der Waals surface area (Å²) in [6.45, 7) is 1.43. The van der Waals surface area contributed by atoms with E-state index in [0.717, 1.165) is 11.1 Å². The highest BCUT2D eigenvalue weighted by molar-refractivity contribution is 6.01. The number of anilines is 1. The Bertz CT molecular complexity index is 1120. The van der Waals surface area contributed by atoms with Crippen molar-refractivity contribution in [2.45, 2.75) is 13.5 Å². The number of ketones is 1. The smallest absolute Gasteiger partial charge is 0.331 e. The number of rotatable bonds is 8. The van der Waals surface area contributed by atoms with Crippen LogP contribution >= 0.6 is 0 Å². The van der Waals surface area contributed by atoms with Crippen LogP contribution in [0.1, 0.15) is 28.4 Å². The molecule has 1 aromatic heterocycles. The first kappa shape index (κ1) is 21.5. The highest BCUT2D eigenvalue weighted by Crippen LogP contribution is 2.24. The van der Waals surface area contributed by atoms with E-state index in [1.54, 1.807) is 23.2 Å². The van der Waals surface area contributed by atoms with Gasteiger partial charge in [0.05, 0.1) is 18.4 Å². The standard InChI is InChI=1S/C23H21N3O5/c1-16(27)25-20-11-19(8-9-21(20)28)22(29)15-31-23(30)10-7-18-12-24-26(14-18)13-17-5-3-2-4-6-17/h2-12,14,28H,13,15H2,1H3,(H,25,27)/b10-7+. The van der Waals surface area contributed by atoms with Gasteiger partial charge in [-0.15, -0.1) is 0 Å². The second-order valence-electron chi connectivity index (χ2n) is 6.73. The fraction of sp³-hybridized carbons (Fsp3) is 0.130. The molecule has 3 rings (SSSR count). The summed E-state index contributed by atoms with van der Waals surface area (Å²) in [5.74, 6) is -1.70. The summed E-state index contributed by atoms with van der Waals surface area (Å²) in [5.41, 5.74) is 2.13. The number of hydrogen-bond donors (Lipinski definition) is 2. The number of ether oxygens (including phenoxy) is 1. The lowest BCUT2D eigenvalue weighted by Crippen LogP contribution is -2.13. The first-order valence-electron chi connectivity index (χ1n) is 9.46. The maximum absolute atomic E-state index is 12.2. The van der Waals surface area contributed by atoms with Crippen LogP contribution < -0.4 is 5.32 Å². The van der Waals surface area contributed by atoms with Crippen molar-refractivity contribution in [3.05, 3.63) is 83.7 Å². The number of esters is 1. The Morgan fingerprint density at radius 2 is 1.94 bits per heavy atom. The minimum atomic E-state index is -0.676. The van der Waals surface area contributed by atoms with Crippen molar-refractivity contribution in [1.82, 2.24) is 9.78 Å². The molecule has 0 aliphatic heterocycles. The van der Waals surface area contributed by atoms with Gasteiger partial charge in [-0.3, -0.25) is 14.3 Å². The molecule has 2 N–H and O–H groups in total. The van der Waals surface area contributed by atoms with Crippen molar-refractivity contribution in [1.29, 1.82) is 0 Å².